The maximum atomic E-state index is 3.56. The summed E-state index contributed by atoms with van der Waals surface area (Å²) in [6, 6.07) is 9.25. The van der Waals surface area contributed by atoms with Crippen LogP contribution in [0.1, 0.15) is 18.4 Å². The number of aromatic nitrogens is 1. The zero-order valence-corrected chi connectivity index (χ0v) is 11.7. The molecule has 2 heterocycles. The van der Waals surface area contributed by atoms with Gasteiger partial charge < -0.3 is 15.2 Å². The molecule has 1 fully saturated rings. The van der Waals surface area contributed by atoms with Gasteiger partial charge in [-0.3, -0.25) is 0 Å². The van der Waals surface area contributed by atoms with Crippen molar-refractivity contribution in [3.63, 3.8) is 0 Å². The standard InChI is InChI=1S/C16H23N3/c1-19(12-14-5-4-9-17-14)10-8-13-11-18-16-7-3-2-6-15(13)16/h2-3,6-7,11,14,17-18H,4-5,8-10,12H2,1H3. The normalized spacial score (nSPS) is 19.6. The SMILES string of the molecule is CN(CCc1c[nH]c2ccccc12)CC1CCCN1. The molecule has 0 radical (unpaired) electrons. The quantitative estimate of drug-likeness (QED) is 0.862. The van der Waals surface area contributed by atoms with E-state index < -0.39 is 0 Å². The molecule has 0 spiro atoms. The van der Waals surface area contributed by atoms with Gasteiger partial charge in [0.1, 0.15) is 0 Å². The summed E-state index contributed by atoms with van der Waals surface area (Å²) in [6.07, 6.45) is 5.94. The van der Waals surface area contributed by atoms with Gasteiger partial charge in [0.25, 0.3) is 0 Å². The Morgan fingerprint density at radius 2 is 2.21 bits per heavy atom. The van der Waals surface area contributed by atoms with Gasteiger partial charge in [0.15, 0.2) is 0 Å². The van der Waals surface area contributed by atoms with Crippen LogP contribution in [0.3, 0.4) is 0 Å². The summed E-state index contributed by atoms with van der Waals surface area (Å²) < 4.78 is 0. The van der Waals surface area contributed by atoms with Crippen molar-refractivity contribution >= 4 is 10.9 Å². The Bertz CT molecular complexity index is 526. The summed E-state index contributed by atoms with van der Waals surface area (Å²) >= 11 is 0. The molecular weight excluding hydrogens is 234 g/mol. The van der Waals surface area contributed by atoms with Crippen molar-refractivity contribution in [2.45, 2.75) is 25.3 Å². The molecule has 3 rings (SSSR count). The van der Waals surface area contributed by atoms with Crippen LogP contribution in [0.25, 0.3) is 10.9 Å². The van der Waals surface area contributed by atoms with E-state index in [1.54, 1.807) is 0 Å². The number of hydrogen-bond donors (Lipinski definition) is 2. The Morgan fingerprint density at radius 1 is 1.32 bits per heavy atom. The van der Waals surface area contributed by atoms with E-state index >= 15 is 0 Å². The predicted octanol–water partition coefficient (Wildman–Crippen LogP) is 2.39. The third-order valence-corrected chi connectivity index (χ3v) is 4.13. The Labute approximate surface area is 115 Å². The molecule has 2 aromatic rings. The molecule has 0 amide bonds. The summed E-state index contributed by atoms with van der Waals surface area (Å²) in [5, 5.41) is 4.93. The van der Waals surface area contributed by atoms with E-state index in [-0.39, 0.29) is 0 Å². The molecule has 1 aliphatic rings. The van der Waals surface area contributed by atoms with Gasteiger partial charge in [0.2, 0.25) is 0 Å². The monoisotopic (exact) mass is 257 g/mol. The topological polar surface area (TPSA) is 31.1 Å². The van der Waals surface area contributed by atoms with Gasteiger partial charge >= 0.3 is 0 Å². The van der Waals surface area contributed by atoms with Crippen LogP contribution in [0.2, 0.25) is 0 Å². The fraction of sp³-hybridized carbons (Fsp3) is 0.500. The van der Waals surface area contributed by atoms with Crippen molar-refractivity contribution in [1.29, 1.82) is 0 Å². The number of benzene rings is 1. The average molecular weight is 257 g/mol. The second-order valence-corrected chi connectivity index (χ2v) is 5.67. The molecule has 3 heteroatoms. The van der Waals surface area contributed by atoms with E-state index in [2.05, 4.69) is 52.7 Å². The summed E-state index contributed by atoms with van der Waals surface area (Å²) in [5.74, 6) is 0. The Kier molecular flexibility index (Phi) is 3.85. The number of aromatic amines is 1. The number of likely N-dealkylation sites (N-methyl/N-ethyl adjacent to an activating group) is 1. The van der Waals surface area contributed by atoms with E-state index in [0.29, 0.717) is 6.04 Å². The molecule has 1 aliphatic heterocycles. The first kappa shape index (κ1) is 12.7. The molecule has 0 saturated carbocycles. The highest BCUT2D eigenvalue weighted by atomic mass is 15.1. The minimum Gasteiger partial charge on any atom is -0.361 e. The van der Waals surface area contributed by atoms with Crippen molar-refractivity contribution in [2.24, 2.45) is 0 Å². The van der Waals surface area contributed by atoms with Crippen LogP contribution in [0, 0.1) is 0 Å². The van der Waals surface area contributed by atoms with E-state index in [1.807, 2.05) is 0 Å². The fourth-order valence-corrected chi connectivity index (χ4v) is 3.03. The number of para-hydroxylation sites is 1. The highest BCUT2D eigenvalue weighted by molar-refractivity contribution is 5.83. The minimum atomic E-state index is 0.702. The molecular formula is C16H23N3. The second-order valence-electron chi connectivity index (χ2n) is 5.67. The van der Waals surface area contributed by atoms with Crippen LogP contribution in [0.4, 0.5) is 0 Å². The van der Waals surface area contributed by atoms with Crippen molar-refractivity contribution in [1.82, 2.24) is 15.2 Å². The number of hydrogen-bond acceptors (Lipinski definition) is 2. The van der Waals surface area contributed by atoms with E-state index in [1.165, 1.54) is 42.4 Å². The smallest absolute Gasteiger partial charge is 0.0456 e. The predicted molar refractivity (Wildman–Crippen MR) is 80.5 cm³/mol. The lowest BCUT2D eigenvalue weighted by Crippen LogP contribution is -2.36. The number of nitrogens with one attached hydrogen (secondary N) is 2. The van der Waals surface area contributed by atoms with Crippen LogP contribution in [0.5, 0.6) is 0 Å². The van der Waals surface area contributed by atoms with Gasteiger partial charge in [0, 0.05) is 36.2 Å². The van der Waals surface area contributed by atoms with Gasteiger partial charge in [-0.05, 0) is 44.5 Å². The van der Waals surface area contributed by atoms with Crippen molar-refractivity contribution < 1.29 is 0 Å². The molecule has 2 N–H and O–H groups in total. The molecule has 0 aliphatic carbocycles. The lowest BCUT2D eigenvalue weighted by atomic mass is 10.1. The fourth-order valence-electron chi connectivity index (χ4n) is 3.03. The van der Waals surface area contributed by atoms with Crippen LogP contribution >= 0.6 is 0 Å². The van der Waals surface area contributed by atoms with Crippen LogP contribution in [-0.2, 0) is 6.42 Å². The summed E-state index contributed by atoms with van der Waals surface area (Å²) in [4.78, 5) is 5.80. The lowest BCUT2D eigenvalue weighted by Gasteiger charge is -2.20. The molecule has 1 unspecified atom stereocenters. The number of nitrogens with zero attached hydrogens (tertiary/aromatic N) is 1. The summed E-state index contributed by atoms with van der Waals surface area (Å²) in [6.45, 7) is 3.49. The second kappa shape index (κ2) is 5.76. The third kappa shape index (κ3) is 2.99. The Balaban J connectivity index is 1.56. The van der Waals surface area contributed by atoms with Crippen LogP contribution in [-0.4, -0.2) is 42.6 Å². The molecule has 1 saturated heterocycles. The highest BCUT2D eigenvalue weighted by Crippen LogP contribution is 2.18. The maximum Gasteiger partial charge on any atom is 0.0456 e. The summed E-state index contributed by atoms with van der Waals surface area (Å²) in [5.41, 5.74) is 2.68. The Morgan fingerprint density at radius 3 is 3.05 bits per heavy atom. The molecule has 1 aromatic heterocycles. The van der Waals surface area contributed by atoms with E-state index in [4.69, 9.17) is 0 Å². The van der Waals surface area contributed by atoms with Crippen molar-refractivity contribution in [2.75, 3.05) is 26.7 Å². The van der Waals surface area contributed by atoms with E-state index in [0.717, 1.165) is 13.0 Å². The van der Waals surface area contributed by atoms with Gasteiger partial charge in [-0.1, -0.05) is 18.2 Å². The molecule has 19 heavy (non-hydrogen) atoms. The molecule has 1 aromatic carbocycles. The van der Waals surface area contributed by atoms with Crippen LogP contribution in [0.15, 0.2) is 30.5 Å². The minimum absolute atomic E-state index is 0.702. The number of H-pyrrole nitrogens is 1. The number of fused-ring (bicyclic) bond motifs is 1. The number of rotatable bonds is 5. The highest BCUT2D eigenvalue weighted by Gasteiger charge is 2.15. The first-order valence-electron chi connectivity index (χ1n) is 7.30. The van der Waals surface area contributed by atoms with E-state index in [9.17, 15) is 0 Å². The molecule has 0 bridgehead atoms. The van der Waals surface area contributed by atoms with Gasteiger partial charge in [-0.15, -0.1) is 0 Å². The first-order chi connectivity index (χ1) is 9.33. The third-order valence-electron chi connectivity index (χ3n) is 4.13. The summed E-state index contributed by atoms with van der Waals surface area (Å²) in [7, 11) is 2.23. The lowest BCUT2D eigenvalue weighted by molar-refractivity contribution is 0.304. The van der Waals surface area contributed by atoms with Crippen molar-refractivity contribution in [3.05, 3.63) is 36.0 Å². The molecule has 102 valence electrons. The molecule has 1 atom stereocenters. The van der Waals surface area contributed by atoms with Crippen molar-refractivity contribution in [3.8, 4) is 0 Å². The van der Waals surface area contributed by atoms with Crippen LogP contribution < -0.4 is 5.32 Å². The zero-order chi connectivity index (χ0) is 13.1. The largest absolute Gasteiger partial charge is 0.361 e. The first-order valence-corrected chi connectivity index (χ1v) is 7.30. The zero-order valence-electron chi connectivity index (χ0n) is 11.7. The van der Waals surface area contributed by atoms with Gasteiger partial charge in [0.05, 0.1) is 0 Å². The van der Waals surface area contributed by atoms with Gasteiger partial charge in [-0.2, -0.15) is 0 Å². The van der Waals surface area contributed by atoms with Gasteiger partial charge in [-0.25, -0.2) is 0 Å². The Hall–Kier alpha value is -1.32. The molecule has 3 nitrogen and oxygen atoms in total. The average Bonchev–Trinajstić information content (AvgIpc) is 3.05. The maximum absolute atomic E-state index is 3.56.